The molecule has 12 heteroatoms. The van der Waals surface area contributed by atoms with E-state index in [0.29, 0.717) is 22.4 Å². The molecule has 0 saturated heterocycles. The van der Waals surface area contributed by atoms with Gasteiger partial charge in [0.15, 0.2) is 16.7 Å². The first-order chi connectivity index (χ1) is 15.0. The minimum Gasteiger partial charge on any atom is -0.308 e. The second kappa shape index (κ2) is 9.83. The minimum absolute atomic E-state index is 0.277. The highest BCUT2D eigenvalue weighted by atomic mass is 127. The Morgan fingerprint density at radius 1 is 1.39 bits per heavy atom. The number of carbonyl (C=O) groups is 1. The molecule has 1 aromatic carbocycles. The van der Waals surface area contributed by atoms with Crippen molar-refractivity contribution in [3.8, 4) is 0 Å². The van der Waals surface area contributed by atoms with E-state index >= 15 is 0 Å². The summed E-state index contributed by atoms with van der Waals surface area (Å²) in [6, 6.07) is 6.88. The summed E-state index contributed by atoms with van der Waals surface area (Å²) in [5.74, 6) is 0.806. The van der Waals surface area contributed by atoms with Gasteiger partial charge in [0.25, 0.3) is 0 Å². The third kappa shape index (κ3) is 5.66. The monoisotopic (exact) mass is 570 g/mol. The van der Waals surface area contributed by atoms with E-state index in [4.69, 9.17) is 16.6 Å². The second-order valence-corrected chi connectivity index (χ2v) is 9.96. The van der Waals surface area contributed by atoms with Gasteiger partial charge in [-0.25, -0.2) is 12.9 Å². The van der Waals surface area contributed by atoms with E-state index in [2.05, 4.69) is 41.2 Å². The fourth-order valence-corrected chi connectivity index (χ4v) is 5.09. The van der Waals surface area contributed by atoms with Crippen molar-refractivity contribution >= 4 is 72.6 Å². The summed E-state index contributed by atoms with van der Waals surface area (Å²) in [4.78, 5) is 22.1. The Morgan fingerprint density at radius 3 is 3.06 bits per heavy atom. The number of aliphatic imine (C=N–C) groups is 1. The van der Waals surface area contributed by atoms with E-state index in [1.807, 2.05) is 10.9 Å². The highest BCUT2D eigenvalue weighted by molar-refractivity contribution is 14.1. The molecule has 3 heterocycles. The molecule has 2 amide bonds. The van der Waals surface area contributed by atoms with Crippen LogP contribution in [0, 0.1) is 0 Å². The second-order valence-electron chi connectivity index (χ2n) is 6.90. The number of carbonyl (C=O) groups excluding carboxylic acids is 1. The summed E-state index contributed by atoms with van der Waals surface area (Å²) in [6.07, 6.45) is 4.46. The number of hydrogen-bond donors (Lipinski definition) is 3. The molecular formula is C19H20ClIN8OS. The molecule has 4 rings (SSSR count). The van der Waals surface area contributed by atoms with Crippen LogP contribution in [-0.2, 0) is 6.42 Å². The molecule has 0 bridgehead atoms. The number of nitrogens with one attached hydrogen (secondary N) is 3. The van der Waals surface area contributed by atoms with Gasteiger partial charge in [-0.2, -0.15) is 5.10 Å². The number of urea groups is 1. The number of halogens is 2. The Labute approximate surface area is 198 Å². The van der Waals surface area contributed by atoms with Crippen molar-refractivity contribution in [2.45, 2.75) is 26.3 Å². The molecule has 0 fully saturated rings. The van der Waals surface area contributed by atoms with E-state index in [1.54, 1.807) is 30.5 Å². The zero-order valence-electron chi connectivity index (χ0n) is 16.8. The Bertz CT molecular complexity index is 1160. The Morgan fingerprint density at radius 2 is 2.26 bits per heavy atom. The van der Waals surface area contributed by atoms with Gasteiger partial charge in [-0.15, -0.1) is 11.3 Å². The molecule has 3 N–H and O–H groups in total. The van der Waals surface area contributed by atoms with Gasteiger partial charge in [0.1, 0.15) is 27.0 Å². The lowest BCUT2D eigenvalue weighted by Crippen LogP contribution is -2.19. The summed E-state index contributed by atoms with van der Waals surface area (Å²) >= 11 is 6.85. The van der Waals surface area contributed by atoms with Crippen molar-refractivity contribution in [3.63, 3.8) is 0 Å². The van der Waals surface area contributed by atoms with Crippen molar-refractivity contribution < 1.29 is 4.79 Å². The summed E-state index contributed by atoms with van der Waals surface area (Å²) in [6.45, 7) is 4.77. The number of anilines is 2. The third-order valence-corrected chi connectivity index (χ3v) is 6.94. The number of aromatic nitrogens is 3. The summed E-state index contributed by atoms with van der Waals surface area (Å²) in [7, 11) is 0. The lowest BCUT2D eigenvalue weighted by Gasteiger charge is -2.07. The van der Waals surface area contributed by atoms with E-state index in [-0.39, 0.29) is 12.1 Å². The maximum absolute atomic E-state index is 12.1. The molecule has 0 aliphatic carbocycles. The average molecular weight is 571 g/mol. The highest BCUT2D eigenvalue weighted by Crippen LogP contribution is 2.28. The van der Waals surface area contributed by atoms with Gasteiger partial charge in [0.05, 0.1) is 6.20 Å². The van der Waals surface area contributed by atoms with Crippen LogP contribution in [0.4, 0.5) is 21.3 Å². The third-order valence-electron chi connectivity index (χ3n) is 4.22. The predicted molar refractivity (Wildman–Crippen MR) is 133 cm³/mol. The molecule has 9 nitrogen and oxygen atoms in total. The largest absolute Gasteiger partial charge is 0.325 e. The fourth-order valence-electron chi connectivity index (χ4n) is 2.72. The molecule has 3 aromatic rings. The van der Waals surface area contributed by atoms with Crippen molar-refractivity contribution in [3.05, 3.63) is 52.3 Å². The molecule has 1 aliphatic heterocycles. The Hall–Kier alpha value is -2.38. The normalized spacial score (nSPS) is 14.1. The van der Waals surface area contributed by atoms with Gasteiger partial charge < -0.3 is 8.85 Å². The number of nitrogens with zero attached hydrogens (tertiary/aromatic N) is 5. The number of benzene rings is 1. The first-order valence-electron chi connectivity index (χ1n) is 9.50. The van der Waals surface area contributed by atoms with Crippen molar-refractivity contribution in [1.82, 2.24) is 18.3 Å². The quantitative estimate of drug-likeness (QED) is 0.268. The topological polar surface area (TPSA) is 109 Å². The first kappa shape index (κ1) is 21.8. The maximum atomic E-state index is 12.1. The van der Waals surface area contributed by atoms with Crippen LogP contribution >= 0.6 is 44.2 Å². The number of amides is 2. The number of amidine groups is 1. The van der Waals surface area contributed by atoms with Gasteiger partial charge in [-0.3, -0.25) is 15.0 Å². The van der Waals surface area contributed by atoms with E-state index in [1.165, 1.54) is 11.3 Å². The molecular weight excluding hydrogens is 551 g/mol. The molecule has 0 atom stereocenters. The van der Waals surface area contributed by atoms with Crippen LogP contribution in [0.2, 0.25) is 5.02 Å². The number of fused-ring (bicyclic) bond motifs is 1. The van der Waals surface area contributed by atoms with Crippen LogP contribution in [0.5, 0.6) is 0 Å². The van der Waals surface area contributed by atoms with Crippen LogP contribution in [0.15, 0.2) is 44.8 Å². The van der Waals surface area contributed by atoms with Gasteiger partial charge in [0, 0.05) is 40.8 Å². The number of thiazole rings is 1. The molecule has 0 saturated carbocycles. The lowest BCUT2D eigenvalue weighted by molar-refractivity contribution is 0.262. The molecule has 2 aromatic heterocycles. The van der Waals surface area contributed by atoms with Crippen LogP contribution in [-0.4, -0.2) is 33.2 Å². The van der Waals surface area contributed by atoms with Crippen LogP contribution < -0.4 is 14.2 Å². The van der Waals surface area contributed by atoms with E-state index in [0.717, 1.165) is 28.5 Å². The predicted octanol–water partition coefficient (Wildman–Crippen LogP) is 5.51. The summed E-state index contributed by atoms with van der Waals surface area (Å²) in [5, 5.41) is 11.2. The van der Waals surface area contributed by atoms with Gasteiger partial charge >= 0.3 is 6.03 Å². The minimum atomic E-state index is -0.506. The Kier molecular flexibility index (Phi) is 6.92. The van der Waals surface area contributed by atoms with Crippen LogP contribution in [0.25, 0.3) is 0 Å². The summed E-state index contributed by atoms with van der Waals surface area (Å²) < 4.78 is 9.77. The highest BCUT2D eigenvalue weighted by Gasteiger charge is 2.18. The standard InChI is InChI=1S/C19H20ClIN8OS/c1-11(2)29-10-15-16(28-29)17(27-21-26-15)22-7-6-14-9-23-19(31-14)25-18(30)24-13-5-3-4-12(20)8-13/h3-5,8-11H,6-7H2,1-2H3,(H,22,26,27)(H2,23,24,25,30). The van der Waals surface area contributed by atoms with Gasteiger partial charge in [-0.1, -0.05) is 17.7 Å². The SMILES string of the molecule is CC(C)n1cc2c(n1)C(=NCCc1cnc(NC(=O)Nc3cccc(Cl)c3)s1)NI=N2. The molecule has 1 aliphatic rings. The summed E-state index contributed by atoms with van der Waals surface area (Å²) in [5.41, 5.74) is 2.34. The molecule has 0 unspecified atom stereocenters. The van der Waals surface area contributed by atoms with Crippen LogP contribution in [0.1, 0.15) is 30.5 Å². The fraction of sp³-hybridized carbons (Fsp3) is 0.263. The van der Waals surface area contributed by atoms with E-state index < -0.39 is 21.3 Å². The van der Waals surface area contributed by atoms with Crippen molar-refractivity contribution in [1.29, 1.82) is 0 Å². The molecule has 31 heavy (non-hydrogen) atoms. The molecule has 0 spiro atoms. The zero-order valence-corrected chi connectivity index (χ0v) is 20.5. The molecule has 0 radical (unpaired) electrons. The van der Waals surface area contributed by atoms with Crippen molar-refractivity contribution in [2.75, 3.05) is 17.2 Å². The lowest BCUT2D eigenvalue weighted by atomic mass is 10.3. The first-order valence-corrected chi connectivity index (χ1v) is 12.7. The maximum Gasteiger partial charge on any atom is 0.325 e. The van der Waals surface area contributed by atoms with E-state index in [9.17, 15) is 4.79 Å². The zero-order chi connectivity index (χ0) is 21.8. The average Bonchev–Trinajstić information content (AvgIpc) is 3.35. The smallest absolute Gasteiger partial charge is 0.308 e. The van der Waals surface area contributed by atoms with Gasteiger partial charge in [-0.05, 0) is 32.0 Å². The van der Waals surface area contributed by atoms with Gasteiger partial charge in [0.2, 0.25) is 0 Å². The van der Waals surface area contributed by atoms with Crippen molar-refractivity contribution in [2.24, 2.45) is 8.14 Å². The molecule has 162 valence electrons. The number of hydrogen-bond acceptors (Lipinski definition) is 6. The Balaban J connectivity index is 1.33. The number of rotatable bonds is 6. The van der Waals surface area contributed by atoms with Crippen LogP contribution in [0.3, 0.4) is 0 Å².